The minimum atomic E-state index is -3.82. The molecule has 1 saturated carbocycles. The summed E-state index contributed by atoms with van der Waals surface area (Å²) < 4.78 is 117. The second-order valence-corrected chi connectivity index (χ2v) is 16.5. The summed E-state index contributed by atoms with van der Waals surface area (Å²) >= 11 is 7.66. The maximum absolute atomic E-state index is 15.3. The number of benzene rings is 2. The molecule has 54 heavy (non-hydrogen) atoms. The number of nitrogens with two attached hydrogens (primary N) is 1. The summed E-state index contributed by atoms with van der Waals surface area (Å²) in [4.78, 5) is 22.8. The number of nitrogens with zero attached hydrogens (tertiary/aromatic N) is 6. The molecule has 8 rings (SSSR count). The van der Waals surface area contributed by atoms with Crippen molar-refractivity contribution in [1.29, 1.82) is 0 Å². The molecule has 2 aromatic carbocycles. The van der Waals surface area contributed by atoms with E-state index in [1.807, 2.05) is 0 Å². The number of halogens is 7. The number of aryl methyl sites for hydroxylation is 1. The highest BCUT2D eigenvalue weighted by molar-refractivity contribution is 7.92. The first kappa shape index (κ1) is 36.0. The summed E-state index contributed by atoms with van der Waals surface area (Å²) in [5, 5.41) is 11.2. The lowest BCUT2D eigenvalue weighted by molar-refractivity contribution is -0.123. The fourth-order valence-electron chi connectivity index (χ4n) is 7.35. The molecule has 0 spiro atoms. The topological polar surface area (TPSA) is 163 Å². The molecule has 1 fully saturated rings. The third kappa shape index (κ3) is 6.18. The van der Waals surface area contributed by atoms with Crippen LogP contribution in [-0.4, -0.2) is 50.1 Å². The molecule has 4 N–H and O–H groups in total. The van der Waals surface area contributed by atoms with Crippen molar-refractivity contribution < 1.29 is 39.6 Å². The van der Waals surface area contributed by atoms with Crippen LogP contribution in [-0.2, 0) is 40.8 Å². The summed E-state index contributed by atoms with van der Waals surface area (Å²) in [6, 6.07) is 6.19. The van der Waals surface area contributed by atoms with Crippen molar-refractivity contribution in [2.45, 2.75) is 43.7 Å². The van der Waals surface area contributed by atoms with Crippen molar-refractivity contribution in [3.63, 3.8) is 0 Å². The number of fused-ring (bicyclic) bond motifs is 5. The summed E-state index contributed by atoms with van der Waals surface area (Å²) in [7, 11) is -2.28. The maximum Gasteiger partial charge on any atom is 0.293 e. The number of nitrogens with one attached hydrogen (secondary N) is 2. The van der Waals surface area contributed by atoms with Gasteiger partial charge in [0.25, 0.3) is 12.3 Å². The molecule has 2 aliphatic carbocycles. The Hall–Kier alpha value is -4.95. The van der Waals surface area contributed by atoms with Crippen molar-refractivity contribution >= 4 is 71.1 Å². The van der Waals surface area contributed by atoms with E-state index in [-0.39, 0.29) is 56.7 Å². The molecule has 4 heterocycles. The number of nitrogen functional groups attached to an aromatic ring is 1. The first-order valence-corrected chi connectivity index (χ1v) is 19.2. The lowest BCUT2D eigenvalue weighted by atomic mass is 9.94. The van der Waals surface area contributed by atoms with Gasteiger partial charge in [0.1, 0.15) is 29.6 Å². The predicted molar refractivity (Wildman–Crippen MR) is 188 cm³/mol. The number of carbonyl (C=O) groups is 1. The van der Waals surface area contributed by atoms with Crippen molar-refractivity contribution in [1.82, 2.24) is 34.8 Å². The van der Waals surface area contributed by atoms with E-state index in [2.05, 4.69) is 25.2 Å². The molecule has 4 aromatic heterocycles. The normalized spacial score (nSPS) is 18.0. The zero-order valence-electron chi connectivity index (χ0n) is 27.8. The fourth-order valence-corrected chi connectivity index (χ4v) is 8.80. The maximum atomic E-state index is 15.3. The van der Waals surface area contributed by atoms with Gasteiger partial charge in [-0.15, -0.1) is 0 Å². The van der Waals surface area contributed by atoms with Gasteiger partial charge in [0.15, 0.2) is 16.6 Å². The standard InChI is InChI=1S/C33H26ClF6N9O3S2/c1-48-27-15(3-4-19(34)24(27)31(46-48)47-54(2,51)52)16-10-21-30(44-32(41)53-21)43-25(16)20(7-12-5-13(35)8-14(36)6-12)42-22(50)11-49-28-23(26(45-49)29(37)38)17-9-18(17)33(28,39)40/h3-6,8,10,17-18,20,29H,7,9,11H2,1-2H3,(H,42,50)(H,46,47)(H2,41,43,44)/t17-,18+,20-/m0/s1. The van der Waals surface area contributed by atoms with Gasteiger partial charge >= 0.3 is 0 Å². The molecule has 3 atom stereocenters. The van der Waals surface area contributed by atoms with Crippen molar-refractivity contribution in [2.24, 2.45) is 13.0 Å². The van der Waals surface area contributed by atoms with E-state index in [4.69, 9.17) is 22.3 Å². The number of hydrogen-bond acceptors (Lipinski definition) is 9. The van der Waals surface area contributed by atoms with Gasteiger partial charge in [0.05, 0.1) is 38.6 Å². The van der Waals surface area contributed by atoms with Gasteiger partial charge in [0, 0.05) is 35.7 Å². The first-order chi connectivity index (χ1) is 25.4. The molecule has 0 aliphatic heterocycles. The summed E-state index contributed by atoms with van der Waals surface area (Å²) in [6.07, 6.45) is -2.50. The lowest BCUT2D eigenvalue weighted by Crippen LogP contribution is -2.35. The number of thiazole rings is 1. The van der Waals surface area contributed by atoms with E-state index in [9.17, 15) is 30.8 Å². The number of carbonyl (C=O) groups excluding carboxylic acids is 1. The molecule has 2 aliphatic rings. The molecule has 282 valence electrons. The number of hydrogen-bond donors (Lipinski definition) is 3. The third-order valence-electron chi connectivity index (χ3n) is 9.43. The minimum Gasteiger partial charge on any atom is -0.375 e. The van der Waals surface area contributed by atoms with Crippen LogP contribution in [0.1, 0.15) is 53.0 Å². The van der Waals surface area contributed by atoms with Crippen LogP contribution >= 0.6 is 22.9 Å². The third-order valence-corrected chi connectivity index (χ3v) is 11.1. The molecule has 0 radical (unpaired) electrons. The highest BCUT2D eigenvalue weighted by Crippen LogP contribution is 2.68. The number of aromatic nitrogens is 6. The molecular weight excluding hydrogens is 784 g/mol. The molecule has 0 unspecified atom stereocenters. The SMILES string of the molecule is Cn1nc(NS(C)(=O)=O)c2c(Cl)ccc(-c3cc4sc(N)nc4nc3[C@H](Cc3cc(F)cc(F)c3)NC(=O)Cn3nc(C(F)F)c4c3C(F)(F)[C@@H]3C[C@H]43)c21. The van der Waals surface area contributed by atoms with Gasteiger partial charge in [-0.25, -0.2) is 35.9 Å². The zero-order valence-corrected chi connectivity index (χ0v) is 30.2. The van der Waals surface area contributed by atoms with Crippen LogP contribution < -0.4 is 15.8 Å². The van der Waals surface area contributed by atoms with Gasteiger partial charge in [0.2, 0.25) is 15.9 Å². The van der Waals surface area contributed by atoms with Crippen molar-refractivity contribution in [3.8, 4) is 11.1 Å². The molecule has 1 amide bonds. The Morgan fingerprint density at radius 2 is 1.81 bits per heavy atom. The zero-order chi connectivity index (χ0) is 38.6. The van der Waals surface area contributed by atoms with Crippen molar-refractivity contribution in [2.75, 3.05) is 16.7 Å². The number of amides is 1. The average Bonchev–Trinajstić information content (AvgIpc) is 3.37. The molecule has 0 saturated heterocycles. The number of pyridine rings is 1. The Bertz CT molecular complexity index is 2640. The quantitative estimate of drug-likeness (QED) is 0.131. The van der Waals surface area contributed by atoms with E-state index >= 15 is 8.78 Å². The van der Waals surface area contributed by atoms with Crippen molar-refractivity contribution in [3.05, 3.63) is 81.3 Å². The van der Waals surface area contributed by atoms with Crippen LogP contribution in [0.4, 0.5) is 37.3 Å². The van der Waals surface area contributed by atoms with Gasteiger partial charge in [-0.05, 0) is 48.6 Å². The van der Waals surface area contributed by atoms with Crippen LogP contribution in [0.5, 0.6) is 0 Å². The van der Waals surface area contributed by atoms with Crippen LogP contribution in [0.3, 0.4) is 0 Å². The summed E-state index contributed by atoms with van der Waals surface area (Å²) in [6.45, 7) is -0.896. The van der Waals surface area contributed by atoms with E-state index in [1.165, 1.54) is 17.8 Å². The second-order valence-electron chi connectivity index (χ2n) is 13.2. The van der Waals surface area contributed by atoms with E-state index in [0.717, 1.165) is 29.7 Å². The fraction of sp³-hybridized carbons (Fsp3) is 0.303. The average molecular weight is 810 g/mol. The Kier molecular flexibility index (Phi) is 8.38. The lowest BCUT2D eigenvalue weighted by Gasteiger charge is -2.23. The summed E-state index contributed by atoms with van der Waals surface area (Å²) in [5.74, 6) is -8.30. The molecule has 6 aromatic rings. The van der Waals surface area contributed by atoms with Gasteiger partial charge < -0.3 is 11.1 Å². The summed E-state index contributed by atoms with van der Waals surface area (Å²) in [5.41, 5.74) is 5.50. The van der Waals surface area contributed by atoms with Gasteiger partial charge in [-0.2, -0.15) is 19.0 Å². The predicted octanol–water partition coefficient (Wildman–Crippen LogP) is 6.57. The molecule has 21 heteroatoms. The van der Waals surface area contributed by atoms with E-state index in [1.54, 1.807) is 12.1 Å². The molecule has 0 bridgehead atoms. The Labute approximate surface area is 310 Å². The van der Waals surface area contributed by atoms with Crippen LogP contribution in [0.2, 0.25) is 5.02 Å². The highest BCUT2D eigenvalue weighted by Gasteiger charge is 2.67. The molecular formula is C33H26ClF6N9O3S2. The monoisotopic (exact) mass is 809 g/mol. The second kappa shape index (κ2) is 12.6. The van der Waals surface area contributed by atoms with Crippen LogP contribution in [0.15, 0.2) is 36.4 Å². The highest BCUT2D eigenvalue weighted by atomic mass is 35.5. The Morgan fingerprint density at radius 3 is 2.50 bits per heavy atom. The van der Waals surface area contributed by atoms with Gasteiger partial charge in [-0.3, -0.25) is 18.9 Å². The van der Waals surface area contributed by atoms with E-state index in [0.29, 0.717) is 32.1 Å². The Morgan fingerprint density at radius 1 is 1.09 bits per heavy atom. The largest absolute Gasteiger partial charge is 0.375 e. The number of rotatable bonds is 10. The van der Waals surface area contributed by atoms with Gasteiger partial charge in [-0.1, -0.05) is 29.0 Å². The smallest absolute Gasteiger partial charge is 0.293 e. The Balaban J connectivity index is 1.28. The van der Waals surface area contributed by atoms with Crippen LogP contribution in [0, 0.1) is 17.6 Å². The molecule has 12 nitrogen and oxygen atoms in total. The van der Waals surface area contributed by atoms with E-state index < -0.39 is 75.7 Å². The van der Waals surface area contributed by atoms with Crippen LogP contribution in [0.25, 0.3) is 32.4 Å². The number of alkyl halides is 4. The number of sulfonamides is 1. The number of anilines is 2. The first-order valence-electron chi connectivity index (χ1n) is 16.1. The minimum absolute atomic E-state index is 0.0301.